The largest absolute Gasteiger partial charge is 0.478 e. The van der Waals surface area contributed by atoms with Crippen LogP contribution in [0.25, 0.3) is 0 Å². The highest BCUT2D eigenvalue weighted by Crippen LogP contribution is 2.23. The van der Waals surface area contributed by atoms with Gasteiger partial charge in [-0.05, 0) is 37.6 Å². The Morgan fingerprint density at radius 3 is 2.24 bits per heavy atom. The maximum Gasteiger partial charge on any atom is 0.335 e. The number of ether oxygens (including phenoxy) is 1. The molecule has 1 aromatic carbocycles. The molecule has 0 aromatic heterocycles. The Balaban J connectivity index is 3.11. The Morgan fingerprint density at radius 1 is 1.29 bits per heavy atom. The molecule has 1 atom stereocenters. The highest BCUT2D eigenvalue weighted by molar-refractivity contribution is 5.99. The van der Waals surface area contributed by atoms with Crippen molar-refractivity contribution in [3.8, 4) is 0 Å². The fourth-order valence-corrected chi connectivity index (χ4v) is 1.90. The van der Waals surface area contributed by atoms with Crippen molar-refractivity contribution in [1.82, 2.24) is 0 Å². The average molecular weight is 295 g/mol. The molecule has 1 unspecified atom stereocenters. The second-order valence-electron chi connectivity index (χ2n) is 4.82. The molecule has 0 fully saturated rings. The Morgan fingerprint density at radius 2 is 1.86 bits per heavy atom. The molecule has 21 heavy (non-hydrogen) atoms. The lowest BCUT2D eigenvalue weighted by Gasteiger charge is -2.32. The van der Waals surface area contributed by atoms with Gasteiger partial charge in [-0.15, -0.1) is 0 Å². The van der Waals surface area contributed by atoms with Crippen LogP contribution in [0.3, 0.4) is 0 Å². The lowest BCUT2D eigenvalue weighted by molar-refractivity contribution is -0.139. The van der Waals surface area contributed by atoms with Crippen LogP contribution >= 0.6 is 0 Å². The third-order valence-corrected chi connectivity index (χ3v) is 3.57. The van der Waals surface area contributed by atoms with Crippen LogP contribution < -0.4 is 4.90 Å². The van der Waals surface area contributed by atoms with Gasteiger partial charge in [-0.1, -0.05) is 6.92 Å². The second kappa shape index (κ2) is 7.19. The molecule has 0 aliphatic carbocycles. The summed E-state index contributed by atoms with van der Waals surface area (Å²) < 4.78 is 5.29. The van der Waals surface area contributed by atoms with Gasteiger partial charge in [-0.2, -0.15) is 0 Å². The highest BCUT2D eigenvalue weighted by atomic mass is 16.5. The summed E-state index contributed by atoms with van der Waals surface area (Å²) in [6.45, 7) is 3.44. The van der Waals surface area contributed by atoms with Crippen LogP contribution in [0.4, 0.5) is 5.69 Å². The van der Waals surface area contributed by atoms with E-state index in [0.29, 0.717) is 12.1 Å². The van der Waals surface area contributed by atoms with E-state index in [1.807, 2.05) is 6.92 Å². The summed E-state index contributed by atoms with van der Waals surface area (Å²) in [5.41, 5.74) is -0.323. The molecule has 0 saturated carbocycles. The zero-order valence-corrected chi connectivity index (χ0v) is 12.5. The van der Waals surface area contributed by atoms with Crippen LogP contribution in [-0.2, 0) is 9.53 Å². The standard InChI is InChI=1S/C15H21NO5/c1-4-15(2,21-3)14(20)16(9-10-17)12-7-5-11(6-8-12)13(18)19/h5-8,17H,4,9-10H2,1-3H3,(H,18,19). The Labute approximate surface area is 124 Å². The molecule has 6 heteroatoms. The summed E-state index contributed by atoms with van der Waals surface area (Å²) in [7, 11) is 1.46. The first kappa shape index (κ1) is 17.1. The number of anilines is 1. The van der Waals surface area contributed by atoms with E-state index in [2.05, 4.69) is 0 Å². The van der Waals surface area contributed by atoms with Gasteiger partial charge in [-0.3, -0.25) is 4.79 Å². The van der Waals surface area contributed by atoms with E-state index in [0.717, 1.165) is 0 Å². The van der Waals surface area contributed by atoms with Crippen molar-refractivity contribution in [2.24, 2.45) is 0 Å². The maximum atomic E-state index is 12.6. The van der Waals surface area contributed by atoms with E-state index in [-0.39, 0.29) is 24.6 Å². The van der Waals surface area contributed by atoms with Gasteiger partial charge in [0.1, 0.15) is 5.60 Å². The Bertz CT molecular complexity index is 493. The summed E-state index contributed by atoms with van der Waals surface area (Å²) in [5.74, 6) is -1.30. The monoisotopic (exact) mass is 295 g/mol. The molecule has 0 spiro atoms. The molecule has 2 N–H and O–H groups in total. The van der Waals surface area contributed by atoms with Crippen molar-refractivity contribution < 1.29 is 24.5 Å². The third-order valence-electron chi connectivity index (χ3n) is 3.57. The van der Waals surface area contributed by atoms with Crippen molar-refractivity contribution >= 4 is 17.6 Å². The third kappa shape index (κ3) is 3.80. The van der Waals surface area contributed by atoms with Crippen molar-refractivity contribution in [2.45, 2.75) is 25.9 Å². The molecule has 0 aliphatic heterocycles. The van der Waals surface area contributed by atoms with Gasteiger partial charge in [0.25, 0.3) is 5.91 Å². The fraction of sp³-hybridized carbons (Fsp3) is 0.467. The quantitative estimate of drug-likeness (QED) is 0.796. The molecule has 1 amide bonds. The molecule has 1 aromatic rings. The lowest BCUT2D eigenvalue weighted by Crippen LogP contribution is -2.49. The molecule has 0 heterocycles. The second-order valence-corrected chi connectivity index (χ2v) is 4.82. The first-order valence-corrected chi connectivity index (χ1v) is 6.71. The molecule has 1 rings (SSSR count). The van der Waals surface area contributed by atoms with Crippen LogP contribution in [0.2, 0.25) is 0 Å². The Kier molecular flexibility index (Phi) is 5.87. The van der Waals surface area contributed by atoms with E-state index in [1.54, 1.807) is 19.1 Å². The van der Waals surface area contributed by atoms with E-state index in [4.69, 9.17) is 9.84 Å². The number of carbonyl (C=O) groups excluding carboxylic acids is 1. The van der Waals surface area contributed by atoms with Gasteiger partial charge in [0.05, 0.1) is 12.2 Å². The number of nitrogens with zero attached hydrogens (tertiary/aromatic N) is 1. The number of aliphatic hydroxyl groups excluding tert-OH is 1. The van der Waals surface area contributed by atoms with E-state index < -0.39 is 11.6 Å². The number of methoxy groups -OCH3 is 1. The SMILES string of the molecule is CCC(C)(OC)C(=O)N(CCO)c1ccc(C(=O)O)cc1. The normalized spacial score (nSPS) is 13.5. The fourth-order valence-electron chi connectivity index (χ4n) is 1.90. The van der Waals surface area contributed by atoms with Crippen molar-refractivity contribution in [3.05, 3.63) is 29.8 Å². The number of aromatic carboxylic acids is 1. The maximum absolute atomic E-state index is 12.6. The van der Waals surface area contributed by atoms with Gasteiger partial charge in [-0.25, -0.2) is 4.79 Å². The summed E-state index contributed by atoms with van der Waals surface area (Å²) in [6, 6.07) is 5.93. The number of carboxylic acids is 1. The molecule has 0 aliphatic rings. The number of aliphatic hydroxyl groups is 1. The number of benzene rings is 1. The number of amides is 1. The topological polar surface area (TPSA) is 87.1 Å². The minimum atomic E-state index is -1.03. The number of hydrogen-bond donors (Lipinski definition) is 2. The zero-order chi connectivity index (χ0) is 16.0. The van der Waals surface area contributed by atoms with Gasteiger partial charge in [0.2, 0.25) is 0 Å². The van der Waals surface area contributed by atoms with Crippen molar-refractivity contribution in [3.63, 3.8) is 0 Å². The number of carboxylic acid groups (broad SMARTS) is 1. The molecule has 0 radical (unpaired) electrons. The van der Waals surface area contributed by atoms with Crippen LogP contribution in [-0.4, -0.2) is 48.0 Å². The predicted octanol–water partition coefficient (Wildman–Crippen LogP) is 1.53. The van der Waals surface area contributed by atoms with E-state index in [1.165, 1.54) is 24.1 Å². The molecular formula is C15H21NO5. The number of hydrogen-bond acceptors (Lipinski definition) is 4. The van der Waals surface area contributed by atoms with Crippen LogP contribution in [0, 0.1) is 0 Å². The smallest absolute Gasteiger partial charge is 0.335 e. The van der Waals surface area contributed by atoms with E-state index in [9.17, 15) is 14.7 Å². The van der Waals surface area contributed by atoms with Gasteiger partial charge in [0, 0.05) is 19.3 Å². The summed E-state index contributed by atoms with van der Waals surface area (Å²) >= 11 is 0. The summed E-state index contributed by atoms with van der Waals surface area (Å²) in [6.07, 6.45) is 0.484. The van der Waals surface area contributed by atoms with E-state index >= 15 is 0 Å². The van der Waals surface area contributed by atoms with Gasteiger partial charge >= 0.3 is 5.97 Å². The Hall–Kier alpha value is -1.92. The average Bonchev–Trinajstić information content (AvgIpc) is 2.51. The van der Waals surface area contributed by atoms with Gasteiger partial charge < -0.3 is 19.8 Å². The highest BCUT2D eigenvalue weighted by Gasteiger charge is 2.35. The first-order chi connectivity index (χ1) is 9.89. The van der Waals surface area contributed by atoms with Crippen molar-refractivity contribution in [1.29, 1.82) is 0 Å². The minimum Gasteiger partial charge on any atom is -0.478 e. The van der Waals surface area contributed by atoms with Crippen LogP contribution in [0.1, 0.15) is 30.6 Å². The molecule has 0 saturated heterocycles. The number of carbonyl (C=O) groups is 2. The molecule has 0 bridgehead atoms. The number of rotatable bonds is 7. The lowest BCUT2D eigenvalue weighted by atomic mass is 10.0. The molecule has 6 nitrogen and oxygen atoms in total. The zero-order valence-electron chi connectivity index (χ0n) is 12.5. The summed E-state index contributed by atoms with van der Waals surface area (Å²) in [5, 5.41) is 18.1. The summed E-state index contributed by atoms with van der Waals surface area (Å²) in [4.78, 5) is 24.9. The van der Waals surface area contributed by atoms with Crippen LogP contribution in [0.5, 0.6) is 0 Å². The molecular weight excluding hydrogens is 274 g/mol. The minimum absolute atomic E-state index is 0.115. The first-order valence-electron chi connectivity index (χ1n) is 6.71. The van der Waals surface area contributed by atoms with Crippen molar-refractivity contribution in [2.75, 3.05) is 25.2 Å². The predicted molar refractivity (Wildman–Crippen MR) is 78.5 cm³/mol. The van der Waals surface area contributed by atoms with Gasteiger partial charge in [0.15, 0.2) is 0 Å². The molecule has 116 valence electrons. The van der Waals surface area contributed by atoms with Crippen LogP contribution in [0.15, 0.2) is 24.3 Å².